The maximum atomic E-state index is 11.0. The van der Waals surface area contributed by atoms with Crippen molar-refractivity contribution in [2.75, 3.05) is 0 Å². The molecule has 0 saturated heterocycles. The minimum atomic E-state index is -0.779. The van der Waals surface area contributed by atoms with Gasteiger partial charge in [-0.1, -0.05) is 20.8 Å². The van der Waals surface area contributed by atoms with Crippen LogP contribution in [0.15, 0.2) is 0 Å². The second kappa shape index (κ2) is 4.30. The molecule has 3 heteroatoms. The van der Waals surface area contributed by atoms with Crippen molar-refractivity contribution in [1.29, 1.82) is 0 Å². The van der Waals surface area contributed by atoms with E-state index in [2.05, 4.69) is 0 Å². The van der Waals surface area contributed by atoms with Crippen molar-refractivity contribution >= 4 is 5.97 Å². The van der Waals surface area contributed by atoms with E-state index in [1.807, 2.05) is 20.8 Å². The monoisotopic (exact) mass is 202 g/mol. The van der Waals surface area contributed by atoms with Crippen LogP contribution in [-0.2, 0) is 4.79 Å². The standard InChI is InChI=1S/C11H22O3/c1-10(2,3)8(9(12)13)6-7-11(4,5)14/h8,14H,6-7H2,1-5H3,(H,12,13). The molecule has 0 heterocycles. The summed E-state index contributed by atoms with van der Waals surface area (Å²) in [5.41, 5.74) is -1.03. The molecule has 1 unspecified atom stereocenters. The summed E-state index contributed by atoms with van der Waals surface area (Å²) in [6.45, 7) is 9.14. The van der Waals surface area contributed by atoms with Crippen LogP contribution in [-0.4, -0.2) is 21.8 Å². The van der Waals surface area contributed by atoms with E-state index in [4.69, 9.17) is 5.11 Å². The maximum Gasteiger partial charge on any atom is 0.307 e. The number of aliphatic carboxylic acids is 1. The normalized spacial score (nSPS) is 15.3. The van der Waals surface area contributed by atoms with Crippen LogP contribution in [0.25, 0.3) is 0 Å². The van der Waals surface area contributed by atoms with E-state index < -0.39 is 17.5 Å². The fourth-order valence-electron chi connectivity index (χ4n) is 1.42. The number of aliphatic hydroxyl groups is 1. The van der Waals surface area contributed by atoms with Crippen molar-refractivity contribution in [3.05, 3.63) is 0 Å². The summed E-state index contributed by atoms with van der Waals surface area (Å²) in [6, 6.07) is 0. The molecule has 0 saturated carbocycles. The van der Waals surface area contributed by atoms with Gasteiger partial charge < -0.3 is 10.2 Å². The number of hydrogen-bond donors (Lipinski definition) is 2. The Morgan fingerprint density at radius 2 is 1.64 bits per heavy atom. The first-order chi connectivity index (χ1) is 6.04. The molecule has 3 nitrogen and oxygen atoms in total. The largest absolute Gasteiger partial charge is 0.481 e. The minimum absolute atomic E-state index is 0.253. The average molecular weight is 202 g/mol. The van der Waals surface area contributed by atoms with Gasteiger partial charge >= 0.3 is 5.97 Å². The second-order valence-corrected chi connectivity index (χ2v) is 5.61. The average Bonchev–Trinajstić information content (AvgIpc) is 1.79. The maximum absolute atomic E-state index is 11.0. The van der Waals surface area contributed by atoms with E-state index >= 15 is 0 Å². The molecule has 0 aromatic carbocycles. The molecule has 0 aliphatic carbocycles. The van der Waals surface area contributed by atoms with Crippen LogP contribution < -0.4 is 0 Å². The number of carboxylic acids is 1. The summed E-state index contributed by atoms with van der Waals surface area (Å²) in [4.78, 5) is 11.0. The third kappa shape index (κ3) is 5.22. The van der Waals surface area contributed by atoms with Gasteiger partial charge in [-0.25, -0.2) is 0 Å². The lowest BCUT2D eigenvalue weighted by Gasteiger charge is -2.29. The van der Waals surface area contributed by atoms with Crippen molar-refractivity contribution in [2.45, 2.75) is 53.1 Å². The molecule has 14 heavy (non-hydrogen) atoms. The molecule has 0 aliphatic rings. The highest BCUT2D eigenvalue weighted by Gasteiger charge is 2.32. The van der Waals surface area contributed by atoms with E-state index in [1.165, 1.54) is 0 Å². The van der Waals surface area contributed by atoms with Gasteiger partial charge in [0.25, 0.3) is 0 Å². The van der Waals surface area contributed by atoms with Gasteiger partial charge in [-0.2, -0.15) is 0 Å². The number of rotatable bonds is 4. The molecule has 0 rings (SSSR count). The van der Waals surface area contributed by atoms with Crippen LogP contribution >= 0.6 is 0 Å². The highest BCUT2D eigenvalue weighted by atomic mass is 16.4. The first-order valence-electron chi connectivity index (χ1n) is 4.99. The minimum Gasteiger partial charge on any atom is -0.481 e. The first-order valence-corrected chi connectivity index (χ1v) is 4.99. The molecule has 0 aromatic heterocycles. The molecular formula is C11H22O3. The predicted molar refractivity (Wildman–Crippen MR) is 56.1 cm³/mol. The van der Waals surface area contributed by atoms with Crippen molar-refractivity contribution in [1.82, 2.24) is 0 Å². The molecule has 1 atom stereocenters. The van der Waals surface area contributed by atoms with E-state index in [-0.39, 0.29) is 5.41 Å². The zero-order valence-electron chi connectivity index (χ0n) is 9.79. The van der Waals surface area contributed by atoms with E-state index in [9.17, 15) is 9.90 Å². The van der Waals surface area contributed by atoms with Gasteiger partial charge in [0, 0.05) is 0 Å². The second-order valence-electron chi connectivity index (χ2n) is 5.61. The highest BCUT2D eigenvalue weighted by Crippen LogP contribution is 2.31. The van der Waals surface area contributed by atoms with E-state index in [0.29, 0.717) is 12.8 Å². The van der Waals surface area contributed by atoms with Crippen LogP contribution in [0.2, 0.25) is 0 Å². The highest BCUT2D eigenvalue weighted by molar-refractivity contribution is 5.70. The fraction of sp³-hybridized carbons (Fsp3) is 0.909. The zero-order chi connectivity index (χ0) is 11.6. The van der Waals surface area contributed by atoms with Gasteiger partial charge in [-0.3, -0.25) is 4.79 Å². The topological polar surface area (TPSA) is 57.5 Å². The van der Waals surface area contributed by atoms with Crippen molar-refractivity contribution in [3.63, 3.8) is 0 Å². The van der Waals surface area contributed by atoms with Gasteiger partial charge in [-0.15, -0.1) is 0 Å². The van der Waals surface area contributed by atoms with E-state index in [0.717, 1.165) is 0 Å². The Bertz CT molecular complexity index is 196. The molecule has 0 amide bonds. The Labute approximate surface area is 86.1 Å². The van der Waals surface area contributed by atoms with Gasteiger partial charge in [0.15, 0.2) is 0 Å². The molecule has 0 aromatic rings. The molecule has 84 valence electrons. The number of hydrogen-bond acceptors (Lipinski definition) is 2. The molecule has 0 aliphatic heterocycles. The summed E-state index contributed by atoms with van der Waals surface area (Å²) in [5.74, 6) is -1.17. The Balaban J connectivity index is 4.35. The van der Waals surface area contributed by atoms with Gasteiger partial charge in [0.2, 0.25) is 0 Å². The molecule has 0 radical (unpaired) electrons. The van der Waals surface area contributed by atoms with Gasteiger partial charge in [0.1, 0.15) is 0 Å². The SMILES string of the molecule is CC(C)(O)CCC(C(=O)O)C(C)(C)C. The summed E-state index contributed by atoms with van der Waals surface area (Å²) < 4.78 is 0. The molecule has 0 bridgehead atoms. The molecule has 2 N–H and O–H groups in total. The van der Waals surface area contributed by atoms with Crippen LogP contribution in [0.4, 0.5) is 0 Å². The zero-order valence-corrected chi connectivity index (χ0v) is 9.79. The predicted octanol–water partition coefficient (Wildman–Crippen LogP) is 2.28. The number of carboxylic acid groups (broad SMARTS) is 1. The number of carbonyl (C=O) groups is 1. The van der Waals surface area contributed by atoms with Crippen LogP contribution in [0.1, 0.15) is 47.5 Å². The quantitative estimate of drug-likeness (QED) is 0.735. The van der Waals surface area contributed by atoms with E-state index in [1.54, 1.807) is 13.8 Å². The third-order valence-corrected chi connectivity index (χ3v) is 2.39. The van der Waals surface area contributed by atoms with Crippen molar-refractivity contribution in [3.8, 4) is 0 Å². The summed E-state index contributed by atoms with van der Waals surface area (Å²) in [6.07, 6.45) is 1.03. The lowest BCUT2D eigenvalue weighted by Crippen LogP contribution is -2.31. The third-order valence-electron chi connectivity index (χ3n) is 2.39. The van der Waals surface area contributed by atoms with Crippen LogP contribution in [0, 0.1) is 11.3 Å². The Morgan fingerprint density at radius 1 is 1.21 bits per heavy atom. The molecule has 0 spiro atoms. The summed E-state index contributed by atoms with van der Waals surface area (Å²) in [7, 11) is 0. The first kappa shape index (κ1) is 13.4. The lowest BCUT2D eigenvalue weighted by atomic mass is 9.77. The summed E-state index contributed by atoms with van der Waals surface area (Å²) in [5, 5.41) is 18.5. The Hall–Kier alpha value is -0.570. The summed E-state index contributed by atoms with van der Waals surface area (Å²) >= 11 is 0. The Kier molecular flexibility index (Phi) is 4.13. The van der Waals surface area contributed by atoms with Crippen molar-refractivity contribution in [2.24, 2.45) is 11.3 Å². The van der Waals surface area contributed by atoms with Crippen LogP contribution in [0.3, 0.4) is 0 Å². The molecular weight excluding hydrogens is 180 g/mol. The van der Waals surface area contributed by atoms with Gasteiger partial charge in [0.05, 0.1) is 11.5 Å². The Morgan fingerprint density at radius 3 is 1.86 bits per heavy atom. The fourth-order valence-corrected chi connectivity index (χ4v) is 1.42. The van der Waals surface area contributed by atoms with Crippen LogP contribution in [0.5, 0.6) is 0 Å². The smallest absolute Gasteiger partial charge is 0.307 e. The molecule has 0 fully saturated rings. The van der Waals surface area contributed by atoms with Crippen molar-refractivity contribution < 1.29 is 15.0 Å². The lowest BCUT2D eigenvalue weighted by molar-refractivity contribution is -0.146. The van der Waals surface area contributed by atoms with Gasteiger partial charge in [-0.05, 0) is 32.1 Å².